The highest BCUT2D eigenvalue weighted by Crippen LogP contribution is 2.44. The number of halogens is 3. The molecule has 0 aliphatic carbocycles. The van der Waals surface area contributed by atoms with E-state index >= 15 is 0 Å². The summed E-state index contributed by atoms with van der Waals surface area (Å²) in [6, 6.07) is 1.62. The van der Waals surface area contributed by atoms with Crippen LogP contribution in [0.3, 0.4) is 0 Å². The van der Waals surface area contributed by atoms with E-state index in [9.17, 15) is 23.1 Å². The number of nitrogens with one attached hydrogen (secondary N) is 1. The number of carbonyl (C=O) groups is 1. The van der Waals surface area contributed by atoms with Crippen LogP contribution >= 0.6 is 11.3 Å². The number of carboxylic acid groups (broad SMARTS) is 1. The fourth-order valence-electron chi connectivity index (χ4n) is 4.49. The normalized spacial score (nSPS) is 23.9. The van der Waals surface area contributed by atoms with Crippen LogP contribution in [0.25, 0.3) is 21.7 Å². The van der Waals surface area contributed by atoms with Crippen LogP contribution in [0.5, 0.6) is 0 Å². The van der Waals surface area contributed by atoms with E-state index in [0.29, 0.717) is 23.5 Å². The molecule has 8 nitrogen and oxygen atoms in total. The Morgan fingerprint density at radius 3 is 2.91 bits per heavy atom. The fraction of sp³-hybridized carbons (Fsp3) is 0.450. The highest BCUT2D eigenvalue weighted by molar-refractivity contribution is 7.13. The molecule has 6 rings (SSSR count). The van der Waals surface area contributed by atoms with Crippen molar-refractivity contribution in [1.82, 2.24) is 20.2 Å². The molecule has 3 aromatic rings. The lowest BCUT2D eigenvalue weighted by atomic mass is 9.83. The maximum absolute atomic E-state index is 13.8. The second-order valence-electron chi connectivity index (χ2n) is 7.66. The molecule has 3 aliphatic heterocycles. The molecule has 12 heteroatoms. The van der Waals surface area contributed by atoms with Crippen LogP contribution in [0, 0.1) is 0 Å². The quantitative estimate of drug-likeness (QED) is 0.615. The van der Waals surface area contributed by atoms with Crippen molar-refractivity contribution in [3.05, 3.63) is 35.2 Å². The number of benzene rings is 1. The van der Waals surface area contributed by atoms with Crippen molar-refractivity contribution in [1.29, 1.82) is 0 Å². The zero-order valence-electron chi connectivity index (χ0n) is 16.8. The summed E-state index contributed by atoms with van der Waals surface area (Å²) in [5.74, 6) is 0.122. The number of aromatic nitrogens is 2. The van der Waals surface area contributed by atoms with E-state index in [1.165, 1.54) is 35.3 Å². The second kappa shape index (κ2) is 7.71. The third-order valence-electron chi connectivity index (χ3n) is 5.87. The largest absolute Gasteiger partial charge is 0.530 e. The Bertz CT molecular complexity index is 1150. The summed E-state index contributed by atoms with van der Waals surface area (Å²) in [7, 11) is 0. The second-order valence-corrected chi connectivity index (χ2v) is 8.56. The van der Waals surface area contributed by atoms with E-state index in [-0.39, 0.29) is 35.2 Å². The van der Waals surface area contributed by atoms with E-state index in [4.69, 9.17) is 9.15 Å². The van der Waals surface area contributed by atoms with Crippen LogP contribution in [0.1, 0.15) is 36.9 Å². The van der Waals surface area contributed by atoms with Crippen LogP contribution in [0.2, 0.25) is 0 Å². The standard InChI is InChI=1S/C20H19F3N4O4S/c1-2-30-16(20(21,22)23)10-3-4-11(18-24-5-6-32-18)15-13(10)26-17(31-15)14-12-7-9(8-25-14)27(12)19(28)29/h3-6,9,12,14,16,25H,2,7-8H2,1H3,(H,28,29)/p-1. The number of thiazole rings is 1. The first-order valence-corrected chi connectivity index (χ1v) is 10.9. The zero-order valence-corrected chi connectivity index (χ0v) is 17.6. The highest BCUT2D eigenvalue weighted by Gasteiger charge is 2.50. The molecule has 4 unspecified atom stereocenters. The van der Waals surface area contributed by atoms with Gasteiger partial charge < -0.3 is 29.3 Å². The first-order chi connectivity index (χ1) is 15.3. The molecular weight excluding hydrogens is 449 g/mol. The van der Waals surface area contributed by atoms with Gasteiger partial charge in [-0.15, -0.1) is 11.3 Å². The van der Waals surface area contributed by atoms with Gasteiger partial charge in [-0.3, -0.25) is 0 Å². The van der Waals surface area contributed by atoms with Crippen LogP contribution in [0.15, 0.2) is 28.1 Å². The third-order valence-corrected chi connectivity index (χ3v) is 6.67. The molecule has 1 aromatic carbocycles. The summed E-state index contributed by atoms with van der Waals surface area (Å²) in [6.45, 7) is 1.73. The number of carbonyl (C=O) groups excluding carboxylic acids is 1. The predicted molar refractivity (Wildman–Crippen MR) is 106 cm³/mol. The van der Waals surface area contributed by atoms with Gasteiger partial charge in [0.25, 0.3) is 0 Å². The van der Waals surface area contributed by atoms with Gasteiger partial charge in [-0.25, -0.2) is 9.97 Å². The van der Waals surface area contributed by atoms with Gasteiger partial charge in [0.2, 0.25) is 5.89 Å². The van der Waals surface area contributed by atoms with Gasteiger partial charge in [-0.2, -0.15) is 13.2 Å². The lowest BCUT2D eigenvalue weighted by Crippen LogP contribution is -2.72. The molecule has 3 fully saturated rings. The number of amides is 1. The van der Waals surface area contributed by atoms with Gasteiger partial charge >= 0.3 is 6.18 Å². The Balaban J connectivity index is 1.65. The zero-order chi connectivity index (χ0) is 22.6. The lowest BCUT2D eigenvalue weighted by Gasteiger charge is -2.57. The average molecular weight is 467 g/mol. The maximum atomic E-state index is 13.8. The van der Waals surface area contributed by atoms with Crippen LogP contribution in [-0.4, -0.2) is 52.4 Å². The molecule has 5 heterocycles. The third kappa shape index (κ3) is 3.33. The summed E-state index contributed by atoms with van der Waals surface area (Å²) in [4.78, 5) is 21.4. The highest BCUT2D eigenvalue weighted by atomic mass is 32.1. The molecule has 2 aromatic heterocycles. The maximum Gasteiger partial charge on any atom is 0.418 e. The molecule has 4 atom stereocenters. The molecule has 170 valence electrons. The minimum atomic E-state index is -4.65. The van der Waals surface area contributed by atoms with Crippen LogP contribution in [-0.2, 0) is 4.74 Å². The monoisotopic (exact) mass is 467 g/mol. The Morgan fingerprint density at radius 1 is 1.47 bits per heavy atom. The van der Waals surface area contributed by atoms with Crippen molar-refractivity contribution < 1.29 is 32.2 Å². The number of hydrogen-bond donors (Lipinski definition) is 1. The van der Waals surface area contributed by atoms with Gasteiger partial charge in [0.15, 0.2) is 11.7 Å². The first-order valence-electron chi connectivity index (χ1n) is 10.0. The Kier molecular flexibility index (Phi) is 5.10. The topological polar surface area (TPSA) is 104 Å². The Hall–Kier alpha value is -2.70. The SMILES string of the molecule is CCOC(c1ccc(-c2nccs2)c2oc(C3NCC4CC3N4C(=O)[O-])nc12)C(F)(F)F. The van der Waals surface area contributed by atoms with Crippen molar-refractivity contribution >= 4 is 28.5 Å². The summed E-state index contributed by atoms with van der Waals surface area (Å²) in [5, 5.41) is 17.0. The van der Waals surface area contributed by atoms with E-state index in [2.05, 4.69) is 15.3 Å². The lowest BCUT2D eigenvalue weighted by molar-refractivity contribution is -0.281. The Morgan fingerprint density at radius 2 is 2.28 bits per heavy atom. The minimum absolute atomic E-state index is 0.0201. The smallest absolute Gasteiger partial charge is 0.418 e. The summed E-state index contributed by atoms with van der Waals surface area (Å²) >= 11 is 1.32. The molecular formula is C20H18F3N4O4S-. The minimum Gasteiger partial charge on any atom is -0.530 e. The summed E-state index contributed by atoms with van der Waals surface area (Å²) in [5.41, 5.74) is 0.522. The van der Waals surface area contributed by atoms with Crippen molar-refractivity contribution in [3.63, 3.8) is 0 Å². The van der Waals surface area contributed by atoms with E-state index < -0.39 is 30.5 Å². The van der Waals surface area contributed by atoms with Crippen molar-refractivity contribution in [3.8, 4) is 10.6 Å². The molecule has 3 aliphatic rings. The van der Waals surface area contributed by atoms with E-state index in [1.54, 1.807) is 11.6 Å². The van der Waals surface area contributed by atoms with Gasteiger partial charge in [0.05, 0.1) is 11.6 Å². The van der Waals surface area contributed by atoms with Gasteiger partial charge in [0.1, 0.15) is 22.7 Å². The van der Waals surface area contributed by atoms with Crippen LogP contribution < -0.4 is 10.4 Å². The molecule has 0 spiro atoms. The molecule has 32 heavy (non-hydrogen) atoms. The predicted octanol–water partition coefficient (Wildman–Crippen LogP) is 3.02. The van der Waals surface area contributed by atoms with E-state index in [1.807, 2.05) is 0 Å². The summed E-state index contributed by atoms with van der Waals surface area (Å²) in [6.07, 6.45) is -5.93. The average Bonchev–Trinajstić information content (AvgIpc) is 3.40. The number of nitrogens with zero attached hydrogens (tertiary/aromatic N) is 3. The Labute approximate surface area is 184 Å². The number of piperidine rings is 1. The fourth-order valence-corrected chi connectivity index (χ4v) is 5.15. The molecule has 1 amide bonds. The van der Waals surface area contributed by atoms with Crippen LogP contribution in [0.4, 0.5) is 18.0 Å². The molecule has 1 N–H and O–H groups in total. The molecule has 0 saturated carbocycles. The number of ether oxygens (including phenoxy) is 1. The molecule has 0 radical (unpaired) electrons. The van der Waals surface area contributed by atoms with Gasteiger partial charge in [0, 0.05) is 36.3 Å². The number of oxazole rings is 1. The van der Waals surface area contributed by atoms with Crippen molar-refractivity contribution in [2.45, 2.75) is 43.8 Å². The van der Waals surface area contributed by atoms with Crippen molar-refractivity contribution in [2.24, 2.45) is 0 Å². The number of fused-ring (bicyclic) bond motifs is 3. The van der Waals surface area contributed by atoms with Crippen molar-refractivity contribution in [2.75, 3.05) is 13.2 Å². The van der Waals surface area contributed by atoms with Gasteiger partial charge in [-0.05, 0) is 19.4 Å². The molecule has 2 bridgehead atoms. The summed E-state index contributed by atoms with van der Waals surface area (Å²) < 4.78 is 52.4. The van der Waals surface area contributed by atoms with E-state index in [0.717, 1.165) is 0 Å². The van der Waals surface area contributed by atoms with Gasteiger partial charge in [-0.1, -0.05) is 6.07 Å². The number of alkyl halides is 3. The molecule has 3 saturated heterocycles. The first kappa shape index (κ1) is 21.2. The number of piperazine rings is 1. The number of rotatable bonds is 5. The number of hydrogen-bond acceptors (Lipinski definition) is 8.